The van der Waals surface area contributed by atoms with Gasteiger partial charge in [-0.3, -0.25) is 0 Å². The van der Waals surface area contributed by atoms with Crippen molar-refractivity contribution in [1.82, 2.24) is 19.9 Å². The molecule has 132 valence electrons. The fourth-order valence-electron chi connectivity index (χ4n) is 2.89. The van der Waals surface area contributed by atoms with Gasteiger partial charge < -0.3 is 15.0 Å². The molecule has 1 aliphatic heterocycles. The van der Waals surface area contributed by atoms with E-state index in [0.29, 0.717) is 24.5 Å². The summed E-state index contributed by atoms with van der Waals surface area (Å²) in [5.74, 6) is 0.709. The Bertz CT molecular complexity index is 903. The van der Waals surface area contributed by atoms with Gasteiger partial charge in [-0.05, 0) is 12.1 Å². The Morgan fingerprint density at radius 2 is 1.96 bits per heavy atom. The summed E-state index contributed by atoms with van der Waals surface area (Å²) in [6, 6.07) is 17.3. The van der Waals surface area contributed by atoms with Gasteiger partial charge in [0.25, 0.3) is 0 Å². The van der Waals surface area contributed by atoms with E-state index in [-0.39, 0.29) is 12.1 Å². The average Bonchev–Trinajstić information content (AvgIpc) is 3.11. The second-order valence-corrected chi connectivity index (χ2v) is 6.17. The topological polar surface area (TPSA) is 72.3 Å². The maximum atomic E-state index is 12.3. The quantitative estimate of drug-likeness (QED) is 0.786. The minimum absolute atomic E-state index is 0.127. The summed E-state index contributed by atoms with van der Waals surface area (Å²) in [5, 5.41) is 11.3. The van der Waals surface area contributed by atoms with Gasteiger partial charge in [-0.15, -0.1) is 5.10 Å². The zero-order valence-corrected chi connectivity index (χ0v) is 14.4. The molecule has 0 aliphatic carbocycles. The molecule has 2 amide bonds. The van der Waals surface area contributed by atoms with E-state index in [9.17, 15) is 4.79 Å². The Hall–Kier alpha value is -3.35. The van der Waals surface area contributed by atoms with Crippen LogP contribution in [-0.4, -0.2) is 46.1 Å². The zero-order chi connectivity index (χ0) is 17.9. The Morgan fingerprint density at radius 3 is 2.73 bits per heavy atom. The number of urea groups is 1. The third kappa shape index (κ3) is 3.23. The van der Waals surface area contributed by atoms with E-state index in [1.165, 1.54) is 0 Å². The molecule has 0 unspecified atom stereocenters. The highest BCUT2D eigenvalue weighted by atomic mass is 16.5. The van der Waals surface area contributed by atoms with Crippen LogP contribution in [0, 0.1) is 0 Å². The first-order chi connectivity index (χ1) is 12.7. The molecule has 0 spiro atoms. The Balaban J connectivity index is 1.35. The van der Waals surface area contributed by atoms with Crippen molar-refractivity contribution in [1.29, 1.82) is 0 Å². The van der Waals surface area contributed by atoms with Crippen molar-refractivity contribution in [2.45, 2.75) is 6.04 Å². The maximum Gasteiger partial charge on any atom is 0.321 e. The summed E-state index contributed by atoms with van der Waals surface area (Å²) in [5.41, 5.74) is 2.58. The summed E-state index contributed by atoms with van der Waals surface area (Å²) in [6.45, 7) is 1.21. The molecule has 1 N–H and O–H groups in total. The summed E-state index contributed by atoms with van der Waals surface area (Å²) in [6.07, 6.45) is 1.93. The number of carbonyl (C=O) groups excluding carboxylic acids is 1. The molecule has 0 saturated carbocycles. The number of hydrogen-bond acceptors (Lipinski definition) is 4. The van der Waals surface area contributed by atoms with Crippen LogP contribution in [0.1, 0.15) is 6.04 Å². The largest absolute Gasteiger partial charge is 0.497 e. The van der Waals surface area contributed by atoms with E-state index in [1.807, 2.05) is 59.4 Å². The molecule has 4 rings (SSSR count). The van der Waals surface area contributed by atoms with Gasteiger partial charge in [0.1, 0.15) is 11.4 Å². The van der Waals surface area contributed by atoms with Crippen LogP contribution in [0.5, 0.6) is 5.75 Å². The number of likely N-dealkylation sites (tertiary alicyclic amines) is 1. The molecule has 0 bridgehead atoms. The number of anilines is 1. The number of rotatable bonds is 4. The average molecular weight is 349 g/mol. The first-order valence-electron chi connectivity index (χ1n) is 8.40. The number of methoxy groups -OCH3 is 1. The molecule has 2 aromatic carbocycles. The lowest BCUT2D eigenvalue weighted by molar-refractivity contribution is 0.127. The third-order valence-corrected chi connectivity index (χ3v) is 4.42. The molecular weight excluding hydrogens is 330 g/mol. The number of carbonyl (C=O) groups is 1. The molecule has 7 nitrogen and oxygen atoms in total. The third-order valence-electron chi connectivity index (χ3n) is 4.42. The zero-order valence-electron chi connectivity index (χ0n) is 14.4. The number of benzene rings is 2. The van der Waals surface area contributed by atoms with Crippen molar-refractivity contribution in [3.8, 4) is 17.0 Å². The molecular formula is C19H19N5O2. The van der Waals surface area contributed by atoms with Crippen LogP contribution in [0.2, 0.25) is 0 Å². The number of hydrogen-bond donors (Lipinski definition) is 1. The second-order valence-electron chi connectivity index (χ2n) is 6.17. The van der Waals surface area contributed by atoms with Crippen LogP contribution in [0.3, 0.4) is 0 Å². The van der Waals surface area contributed by atoms with E-state index in [1.54, 1.807) is 18.1 Å². The van der Waals surface area contributed by atoms with Gasteiger partial charge in [0.15, 0.2) is 0 Å². The molecule has 7 heteroatoms. The van der Waals surface area contributed by atoms with Gasteiger partial charge in [0.05, 0.1) is 19.3 Å². The standard InChI is InChI=1S/C19H19N5O2/c1-26-17-9-5-8-15(10-17)20-19(25)23-11-16(12-23)24-13-18(21-22-24)14-6-3-2-4-7-14/h2-10,13,16H,11-12H2,1H3,(H,20,25). The molecule has 0 radical (unpaired) electrons. The van der Waals surface area contributed by atoms with Crippen LogP contribution in [-0.2, 0) is 0 Å². The molecule has 3 aromatic rings. The second kappa shape index (κ2) is 6.87. The minimum Gasteiger partial charge on any atom is -0.497 e. The van der Waals surface area contributed by atoms with Crippen LogP contribution in [0.25, 0.3) is 11.3 Å². The van der Waals surface area contributed by atoms with Crippen LogP contribution in [0.15, 0.2) is 60.8 Å². The van der Waals surface area contributed by atoms with Crippen LogP contribution in [0.4, 0.5) is 10.5 Å². The highest BCUT2D eigenvalue weighted by Gasteiger charge is 2.33. The smallest absolute Gasteiger partial charge is 0.321 e. The van der Waals surface area contributed by atoms with Gasteiger partial charge >= 0.3 is 6.03 Å². The summed E-state index contributed by atoms with van der Waals surface area (Å²) < 4.78 is 7.00. The Morgan fingerprint density at radius 1 is 1.15 bits per heavy atom. The summed E-state index contributed by atoms with van der Waals surface area (Å²) in [7, 11) is 1.60. The Labute approximate surface area is 151 Å². The van der Waals surface area contributed by atoms with E-state index in [2.05, 4.69) is 15.6 Å². The van der Waals surface area contributed by atoms with Crippen LogP contribution < -0.4 is 10.1 Å². The molecule has 1 aromatic heterocycles. The van der Waals surface area contributed by atoms with E-state index >= 15 is 0 Å². The monoisotopic (exact) mass is 349 g/mol. The van der Waals surface area contributed by atoms with Crippen molar-refractivity contribution in [3.05, 3.63) is 60.8 Å². The molecule has 1 fully saturated rings. The predicted octanol–water partition coefficient (Wildman–Crippen LogP) is 3.04. The normalized spacial score (nSPS) is 14.0. The lowest BCUT2D eigenvalue weighted by Crippen LogP contribution is -2.52. The van der Waals surface area contributed by atoms with Crippen molar-refractivity contribution in [3.63, 3.8) is 0 Å². The van der Waals surface area contributed by atoms with Gasteiger partial charge in [-0.2, -0.15) is 0 Å². The number of ether oxygens (including phenoxy) is 1. The SMILES string of the molecule is COc1cccc(NC(=O)N2CC(n3cc(-c4ccccc4)nn3)C2)c1. The predicted molar refractivity (Wildman–Crippen MR) is 98.1 cm³/mol. The first kappa shape index (κ1) is 16.1. The van der Waals surface area contributed by atoms with Gasteiger partial charge in [-0.1, -0.05) is 41.6 Å². The van der Waals surface area contributed by atoms with Gasteiger partial charge in [0, 0.05) is 30.4 Å². The Kier molecular flexibility index (Phi) is 4.27. The maximum absolute atomic E-state index is 12.3. The fourth-order valence-corrected chi connectivity index (χ4v) is 2.89. The van der Waals surface area contributed by atoms with Crippen LogP contribution >= 0.6 is 0 Å². The van der Waals surface area contributed by atoms with E-state index < -0.39 is 0 Å². The summed E-state index contributed by atoms with van der Waals surface area (Å²) >= 11 is 0. The highest BCUT2D eigenvalue weighted by Crippen LogP contribution is 2.24. The fraction of sp³-hybridized carbons (Fsp3) is 0.211. The van der Waals surface area contributed by atoms with Gasteiger partial charge in [0.2, 0.25) is 0 Å². The van der Waals surface area contributed by atoms with Crippen molar-refractivity contribution < 1.29 is 9.53 Å². The van der Waals surface area contributed by atoms with Gasteiger partial charge in [-0.25, -0.2) is 9.48 Å². The van der Waals surface area contributed by atoms with Crippen molar-refractivity contribution in [2.24, 2.45) is 0 Å². The number of nitrogens with one attached hydrogen (secondary N) is 1. The van der Waals surface area contributed by atoms with E-state index in [4.69, 9.17) is 4.74 Å². The lowest BCUT2D eigenvalue weighted by Gasteiger charge is -2.38. The van der Waals surface area contributed by atoms with Crippen molar-refractivity contribution >= 4 is 11.7 Å². The number of nitrogens with zero attached hydrogens (tertiary/aromatic N) is 4. The van der Waals surface area contributed by atoms with Crippen molar-refractivity contribution in [2.75, 3.05) is 25.5 Å². The highest BCUT2D eigenvalue weighted by molar-refractivity contribution is 5.90. The minimum atomic E-state index is -0.127. The molecule has 1 aliphatic rings. The molecule has 26 heavy (non-hydrogen) atoms. The first-order valence-corrected chi connectivity index (χ1v) is 8.40. The molecule has 2 heterocycles. The molecule has 1 saturated heterocycles. The lowest BCUT2D eigenvalue weighted by atomic mass is 10.1. The molecule has 0 atom stereocenters. The number of amides is 2. The van der Waals surface area contributed by atoms with E-state index in [0.717, 1.165) is 11.3 Å². The number of aromatic nitrogens is 3. The summed E-state index contributed by atoms with van der Waals surface area (Å²) in [4.78, 5) is 14.1.